The Kier molecular flexibility index (Phi) is 6.15. The molecular weight excluding hydrogens is 232 g/mol. The van der Waals surface area contributed by atoms with E-state index >= 15 is 0 Å². The lowest BCUT2D eigenvalue weighted by Crippen LogP contribution is -2.46. The lowest BCUT2D eigenvalue weighted by Gasteiger charge is -2.42. The molecule has 112 valence electrons. The summed E-state index contributed by atoms with van der Waals surface area (Å²) in [6.07, 6.45) is 12.9. The van der Waals surface area contributed by atoms with Crippen molar-refractivity contribution in [2.45, 2.75) is 64.7 Å². The van der Waals surface area contributed by atoms with Gasteiger partial charge in [0.15, 0.2) is 0 Å². The summed E-state index contributed by atoms with van der Waals surface area (Å²) in [4.78, 5) is 2.64. The van der Waals surface area contributed by atoms with Gasteiger partial charge in [-0.25, -0.2) is 0 Å². The molecule has 0 aromatic carbocycles. The van der Waals surface area contributed by atoms with E-state index in [0.717, 1.165) is 5.92 Å². The van der Waals surface area contributed by atoms with E-state index in [1.165, 1.54) is 84.0 Å². The van der Waals surface area contributed by atoms with E-state index in [0.29, 0.717) is 5.41 Å². The van der Waals surface area contributed by atoms with E-state index in [-0.39, 0.29) is 0 Å². The van der Waals surface area contributed by atoms with Gasteiger partial charge in [-0.15, -0.1) is 0 Å². The molecule has 0 spiro atoms. The maximum atomic E-state index is 3.71. The second-order valence-corrected chi connectivity index (χ2v) is 7.23. The van der Waals surface area contributed by atoms with Gasteiger partial charge in [-0.05, 0) is 57.0 Å². The fourth-order valence-electron chi connectivity index (χ4n) is 3.98. The highest BCUT2D eigenvalue weighted by Gasteiger charge is 2.33. The first-order valence-corrected chi connectivity index (χ1v) is 8.63. The summed E-state index contributed by atoms with van der Waals surface area (Å²) in [6.45, 7) is 7.36. The molecule has 0 aromatic rings. The van der Waals surface area contributed by atoms with Gasteiger partial charge in [0.05, 0.1) is 0 Å². The molecule has 2 saturated carbocycles. The fourth-order valence-corrected chi connectivity index (χ4v) is 3.98. The molecule has 0 saturated heterocycles. The predicted octanol–water partition coefficient (Wildman–Crippen LogP) is 3.67. The van der Waals surface area contributed by atoms with Crippen LogP contribution in [0.4, 0.5) is 0 Å². The van der Waals surface area contributed by atoms with Crippen LogP contribution in [-0.2, 0) is 0 Å². The third kappa shape index (κ3) is 4.75. The Balaban J connectivity index is 1.80. The number of nitrogens with one attached hydrogen (secondary N) is 1. The molecular formula is C17H34N2. The van der Waals surface area contributed by atoms with E-state index in [9.17, 15) is 0 Å². The third-order valence-electron chi connectivity index (χ3n) is 5.24. The summed E-state index contributed by atoms with van der Waals surface area (Å²) in [6, 6.07) is 0. The minimum atomic E-state index is 0.575. The quantitative estimate of drug-likeness (QED) is 0.674. The average molecular weight is 266 g/mol. The standard InChI is InChI=1S/C17H34N2/c1-3-12-18-14-17(10-5-4-6-11-17)15-19(2)13-16-8-7-9-16/h16,18H,3-15H2,1-2H3. The zero-order valence-electron chi connectivity index (χ0n) is 13.2. The first-order valence-electron chi connectivity index (χ1n) is 8.63. The van der Waals surface area contributed by atoms with Gasteiger partial charge in [-0.3, -0.25) is 0 Å². The molecule has 0 amide bonds. The van der Waals surface area contributed by atoms with E-state index in [1.807, 2.05) is 0 Å². The largest absolute Gasteiger partial charge is 0.316 e. The van der Waals surface area contributed by atoms with Gasteiger partial charge in [0, 0.05) is 19.6 Å². The third-order valence-corrected chi connectivity index (χ3v) is 5.24. The van der Waals surface area contributed by atoms with Crippen LogP contribution in [0.15, 0.2) is 0 Å². The summed E-state index contributed by atoms with van der Waals surface area (Å²) in [5.41, 5.74) is 0.575. The SMILES string of the molecule is CCCNCC1(CN(C)CC2CCC2)CCCCC1. The van der Waals surface area contributed by atoms with Crippen molar-refractivity contribution in [2.75, 3.05) is 33.2 Å². The summed E-state index contributed by atoms with van der Waals surface area (Å²) in [5, 5.41) is 3.71. The molecule has 0 bridgehead atoms. The summed E-state index contributed by atoms with van der Waals surface area (Å²) in [5.74, 6) is 1.01. The number of hydrogen-bond donors (Lipinski definition) is 1. The molecule has 2 nitrogen and oxygen atoms in total. The summed E-state index contributed by atoms with van der Waals surface area (Å²) in [7, 11) is 2.36. The minimum absolute atomic E-state index is 0.575. The molecule has 2 heteroatoms. The summed E-state index contributed by atoms with van der Waals surface area (Å²) >= 11 is 0. The normalized spacial score (nSPS) is 23.5. The molecule has 2 aliphatic carbocycles. The van der Waals surface area contributed by atoms with Crippen molar-refractivity contribution >= 4 is 0 Å². The van der Waals surface area contributed by atoms with E-state index in [4.69, 9.17) is 0 Å². The smallest absolute Gasteiger partial charge is 0.00472 e. The van der Waals surface area contributed by atoms with Crippen molar-refractivity contribution in [3.8, 4) is 0 Å². The van der Waals surface area contributed by atoms with E-state index < -0.39 is 0 Å². The second kappa shape index (κ2) is 7.64. The van der Waals surface area contributed by atoms with Gasteiger partial charge < -0.3 is 10.2 Å². The van der Waals surface area contributed by atoms with Crippen LogP contribution < -0.4 is 5.32 Å². The maximum Gasteiger partial charge on any atom is 0.00472 e. The Hall–Kier alpha value is -0.0800. The minimum Gasteiger partial charge on any atom is -0.316 e. The first kappa shape index (κ1) is 15.3. The molecule has 2 aliphatic rings. The van der Waals surface area contributed by atoms with Gasteiger partial charge >= 0.3 is 0 Å². The van der Waals surface area contributed by atoms with Crippen LogP contribution in [0.5, 0.6) is 0 Å². The molecule has 2 rings (SSSR count). The predicted molar refractivity (Wildman–Crippen MR) is 83.5 cm³/mol. The highest BCUT2D eigenvalue weighted by atomic mass is 15.1. The molecule has 0 aromatic heterocycles. The van der Waals surface area contributed by atoms with Crippen LogP contribution in [0.3, 0.4) is 0 Å². The zero-order chi connectivity index (χ0) is 13.6. The van der Waals surface area contributed by atoms with Crippen LogP contribution in [-0.4, -0.2) is 38.1 Å². The second-order valence-electron chi connectivity index (χ2n) is 7.23. The zero-order valence-corrected chi connectivity index (χ0v) is 13.2. The number of rotatable bonds is 8. The molecule has 0 radical (unpaired) electrons. The van der Waals surface area contributed by atoms with Crippen molar-refractivity contribution in [2.24, 2.45) is 11.3 Å². The van der Waals surface area contributed by atoms with Gasteiger partial charge in [0.2, 0.25) is 0 Å². The van der Waals surface area contributed by atoms with Gasteiger partial charge in [-0.1, -0.05) is 32.6 Å². The summed E-state index contributed by atoms with van der Waals surface area (Å²) < 4.78 is 0. The monoisotopic (exact) mass is 266 g/mol. The van der Waals surface area contributed by atoms with Gasteiger partial charge in [0.1, 0.15) is 0 Å². The topological polar surface area (TPSA) is 15.3 Å². The van der Waals surface area contributed by atoms with Crippen LogP contribution in [0.25, 0.3) is 0 Å². The lowest BCUT2D eigenvalue weighted by atomic mass is 9.73. The molecule has 0 heterocycles. The molecule has 0 atom stereocenters. The Morgan fingerprint density at radius 3 is 2.42 bits per heavy atom. The van der Waals surface area contributed by atoms with Crippen molar-refractivity contribution in [3.63, 3.8) is 0 Å². The highest BCUT2D eigenvalue weighted by Crippen LogP contribution is 2.37. The van der Waals surface area contributed by atoms with Crippen LogP contribution in [0, 0.1) is 11.3 Å². The Morgan fingerprint density at radius 1 is 1.11 bits per heavy atom. The average Bonchev–Trinajstić information content (AvgIpc) is 2.35. The van der Waals surface area contributed by atoms with Crippen molar-refractivity contribution < 1.29 is 0 Å². The van der Waals surface area contributed by atoms with Crippen LogP contribution in [0.2, 0.25) is 0 Å². The van der Waals surface area contributed by atoms with Crippen molar-refractivity contribution in [1.82, 2.24) is 10.2 Å². The van der Waals surface area contributed by atoms with Crippen molar-refractivity contribution in [3.05, 3.63) is 0 Å². The molecule has 19 heavy (non-hydrogen) atoms. The Morgan fingerprint density at radius 2 is 1.84 bits per heavy atom. The van der Waals surface area contributed by atoms with Crippen LogP contribution in [0.1, 0.15) is 64.7 Å². The van der Waals surface area contributed by atoms with Gasteiger partial charge in [-0.2, -0.15) is 0 Å². The lowest BCUT2D eigenvalue weighted by molar-refractivity contribution is 0.0963. The van der Waals surface area contributed by atoms with Crippen molar-refractivity contribution in [1.29, 1.82) is 0 Å². The molecule has 1 N–H and O–H groups in total. The van der Waals surface area contributed by atoms with Crippen LogP contribution >= 0.6 is 0 Å². The molecule has 0 unspecified atom stereocenters. The number of nitrogens with zero attached hydrogens (tertiary/aromatic N) is 1. The molecule has 0 aliphatic heterocycles. The maximum absolute atomic E-state index is 3.71. The first-order chi connectivity index (χ1) is 9.24. The van der Waals surface area contributed by atoms with E-state index in [2.05, 4.69) is 24.2 Å². The van der Waals surface area contributed by atoms with Gasteiger partial charge in [0.25, 0.3) is 0 Å². The fraction of sp³-hybridized carbons (Fsp3) is 1.00. The number of hydrogen-bond acceptors (Lipinski definition) is 2. The Bertz CT molecular complexity index is 242. The molecule has 2 fully saturated rings. The highest BCUT2D eigenvalue weighted by molar-refractivity contribution is 4.88. The Labute approximate surface area is 120 Å². The van der Waals surface area contributed by atoms with E-state index in [1.54, 1.807) is 0 Å².